The van der Waals surface area contributed by atoms with E-state index in [1.165, 1.54) is 12.5 Å². The number of phenols is 1. The van der Waals surface area contributed by atoms with E-state index < -0.39 is 0 Å². The van der Waals surface area contributed by atoms with E-state index in [1.54, 1.807) is 31.4 Å². The highest BCUT2D eigenvalue weighted by molar-refractivity contribution is 6.04. The van der Waals surface area contributed by atoms with Gasteiger partial charge in [0.05, 0.1) is 13.3 Å². The molecule has 7 heteroatoms. The lowest BCUT2D eigenvalue weighted by atomic mass is 10.2. The molecule has 0 aliphatic rings. The number of nitrogens with zero attached hydrogens (tertiary/aromatic N) is 3. The average molecular weight is 334 g/mol. The summed E-state index contributed by atoms with van der Waals surface area (Å²) in [6, 6.07) is 12.2. The Balaban J connectivity index is 1.84. The van der Waals surface area contributed by atoms with Crippen LogP contribution in [-0.4, -0.2) is 33.1 Å². The quantitative estimate of drug-likeness (QED) is 0.563. The Labute approximate surface area is 141 Å². The molecule has 4 aromatic rings. The number of hydrogen-bond donors (Lipinski definition) is 2. The third-order valence-corrected chi connectivity index (χ3v) is 3.95. The zero-order chi connectivity index (χ0) is 17.4. The predicted octanol–water partition coefficient (Wildman–Crippen LogP) is 2.47. The molecule has 0 atom stereocenters. The third-order valence-electron chi connectivity index (χ3n) is 3.95. The van der Waals surface area contributed by atoms with Gasteiger partial charge in [0.25, 0.3) is 5.56 Å². The molecule has 0 radical (unpaired) electrons. The fourth-order valence-corrected chi connectivity index (χ4v) is 2.66. The van der Waals surface area contributed by atoms with Crippen LogP contribution in [0.1, 0.15) is 5.56 Å². The average Bonchev–Trinajstić information content (AvgIpc) is 3.01. The summed E-state index contributed by atoms with van der Waals surface area (Å²) in [5, 5.41) is 14.7. The molecule has 25 heavy (non-hydrogen) atoms. The molecule has 124 valence electrons. The second kappa shape index (κ2) is 5.79. The second-order valence-electron chi connectivity index (χ2n) is 5.46. The predicted molar refractivity (Wildman–Crippen MR) is 95.5 cm³/mol. The number of aromatic amines is 1. The van der Waals surface area contributed by atoms with Crippen LogP contribution in [0, 0.1) is 0 Å². The van der Waals surface area contributed by atoms with Crippen molar-refractivity contribution in [1.82, 2.24) is 14.6 Å². The smallest absolute Gasteiger partial charge is 0.298 e. The molecule has 0 saturated carbocycles. The Kier molecular flexibility index (Phi) is 3.46. The number of para-hydroxylation sites is 1. The van der Waals surface area contributed by atoms with Gasteiger partial charge >= 0.3 is 0 Å². The van der Waals surface area contributed by atoms with Crippen molar-refractivity contribution in [2.45, 2.75) is 0 Å². The molecule has 2 heterocycles. The summed E-state index contributed by atoms with van der Waals surface area (Å²) >= 11 is 0. The molecular formula is C18H14N4O3. The van der Waals surface area contributed by atoms with Gasteiger partial charge in [-0.15, -0.1) is 0 Å². The molecule has 2 aromatic carbocycles. The SMILES string of the molecule is COc1ccc2[nH]c3c(=O)n(/N=C\c4ccccc4O)cnc3c2c1. The van der Waals surface area contributed by atoms with Gasteiger partial charge in [-0.1, -0.05) is 12.1 Å². The van der Waals surface area contributed by atoms with Gasteiger partial charge in [0.1, 0.15) is 28.9 Å². The van der Waals surface area contributed by atoms with Crippen LogP contribution in [0.5, 0.6) is 11.5 Å². The molecule has 0 bridgehead atoms. The number of nitrogens with one attached hydrogen (secondary N) is 1. The third kappa shape index (κ3) is 2.51. The highest BCUT2D eigenvalue weighted by atomic mass is 16.5. The lowest BCUT2D eigenvalue weighted by molar-refractivity contribution is 0.415. The van der Waals surface area contributed by atoms with Gasteiger partial charge in [-0.05, 0) is 30.3 Å². The van der Waals surface area contributed by atoms with E-state index in [0.29, 0.717) is 22.3 Å². The van der Waals surface area contributed by atoms with Gasteiger partial charge in [-0.25, -0.2) is 4.98 Å². The minimum atomic E-state index is -0.327. The minimum Gasteiger partial charge on any atom is -0.507 e. The molecule has 0 fully saturated rings. The van der Waals surface area contributed by atoms with E-state index in [-0.39, 0.29) is 11.3 Å². The number of phenolic OH excluding ortho intramolecular Hbond substituents is 1. The van der Waals surface area contributed by atoms with Crippen molar-refractivity contribution in [1.29, 1.82) is 0 Å². The number of aromatic nitrogens is 3. The van der Waals surface area contributed by atoms with E-state index in [2.05, 4.69) is 15.1 Å². The molecule has 0 unspecified atom stereocenters. The van der Waals surface area contributed by atoms with Crippen LogP contribution < -0.4 is 10.3 Å². The number of aromatic hydroxyl groups is 1. The van der Waals surface area contributed by atoms with Crippen molar-refractivity contribution in [3.05, 3.63) is 64.7 Å². The van der Waals surface area contributed by atoms with Gasteiger partial charge in [-0.3, -0.25) is 4.79 Å². The standard InChI is InChI=1S/C18H14N4O3/c1-25-12-6-7-14-13(8-12)16-17(21-14)18(24)22(10-19-16)20-9-11-4-2-3-5-15(11)23/h2-10,21,23H,1H3/b20-9-. The summed E-state index contributed by atoms with van der Waals surface area (Å²) in [4.78, 5) is 20.1. The molecule has 2 N–H and O–H groups in total. The van der Waals surface area contributed by atoms with E-state index in [1.807, 2.05) is 18.2 Å². The Morgan fingerprint density at radius 1 is 1.28 bits per heavy atom. The molecule has 0 saturated heterocycles. The summed E-state index contributed by atoms with van der Waals surface area (Å²) in [6.45, 7) is 0. The second-order valence-corrected chi connectivity index (χ2v) is 5.46. The van der Waals surface area contributed by atoms with Gasteiger partial charge in [0, 0.05) is 16.5 Å². The number of benzene rings is 2. The topological polar surface area (TPSA) is 92.5 Å². The molecular weight excluding hydrogens is 320 g/mol. The highest BCUT2D eigenvalue weighted by Crippen LogP contribution is 2.25. The number of rotatable bonds is 3. The molecule has 0 spiro atoms. The van der Waals surface area contributed by atoms with Crippen molar-refractivity contribution in [2.75, 3.05) is 7.11 Å². The van der Waals surface area contributed by atoms with Crippen molar-refractivity contribution in [3.8, 4) is 11.5 Å². The number of ether oxygens (including phenoxy) is 1. The monoisotopic (exact) mass is 334 g/mol. The van der Waals surface area contributed by atoms with E-state index in [0.717, 1.165) is 15.6 Å². The van der Waals surface area contributed by atoms with Crippen LogP contribution in [-0.2, 0) is 0 Å². The highest BCUT2D eigenvalue weighted by Gasteiger charge is 2.11. The van der Waals surface area contributed by atoms with Gasteiger partial charge < -0.3 is 14.8 Å². The summed E-state index contributed by atoms with van der Waals surface area (Å²) in [7, 11) is 1.59. The lowest BCUT2D eigenvalue weighted by Gasteiger charge is -2.00. The lowest BCUT2D eigenvalue weighted by Crippen LogP contribution is -2.17. The summed E-state index contributed by atoms with van der Waals surface area (Å²) in [5.41, 5.74) is 1.90. The van der Waals surface area contributed by atoms with Crippen molar-refractivity contribution in [2.24, 2.45) is 5.10 Å². The first kappa shape index (κ1) is 14.9. The maximum Gasteiger partial charge on any atom is 0.298 e. The Hall–Kier alpha value is -3.61. The van der Waals surface area contributed by atoms with Crippen molar-refractivity contribution in [3.63, 3.8) is 0 Å². The molecule has 0 amide bonds. The summed E-state index contributed by atoms with van der Waals surface area (Å²) in [6.07, 6.45) is 2.77. The van der Waals surface area contributed by atoms with Crippen LogP contribution in [0.4, 0.5) is 0 Å². The summed E-state index contributed by atoms with van der Waals surface area (Å²) < 4.78 is 6.35. The Bertz CT molecular complexity index is 1170. The normalized spacial score (nSPS) is 11.6. The first-order valence-electron chi connectivity index (χ1n) is 7.57. The van der Waals surface area contributed by atoms with E-state index >= 15 is 0 Å². The van der Waals surface area contributed by atoms with Crippen LogP contribution in [0.15, 0.2) is 58.7 Å². The van der Waals surface area contributed by atoms with Gasteiger partial charge in [0.2, 0.25) is 0 Å². The Morgan fingerprint density at radius 3 is 2.92 bits per heavy atom. The first-order chi connectivity index (χ1) is 12.2. The minimum absolute atomic E-state index is 0.0889. The molecule has 2 aromatic heterocycles. The maximum absolute atomic E-state index is 12.6. The zero-order valence-electron chi connectivity index (χ0n) is 13.3. The van der Waals surface area contributed by atoms with Crippen LogP contribution in [0.2, 0.25) is 0 Å². The Morgan fingerprint density at radius 2 is 2.12 bits per heavy atom. The fraction of sp³-hybridized carbons (Fsp3) is 0.0556. The van der Waals surface area contributed by atoms with Gasteiger partial charge in [-0.2, -0.15) is 9.78 Å². The van der Waals surface area contributed by atoms with Crippen LogP contribution in [0.25, 0.3) is 21.9 Å². The molecule has 0 aliphatic heterocycles. The van der Waals surface area contributed by atoms with Gasteiger partial charge in [0.15, 0.2) is 0 Å². The van der Waals surface area contributed by atoms with Crippen LogP contribution in [0.3, 0.4) is 0 Å². The summed E-state index contributed by atoms with van der Waals surface area (Å²) in [5.74, 6) is 0.781. The van der Waals surface area contributed by atoms with E-state index in [4.69, 9.17) is 4.74 Å². The fourth-order valence-electron chi connectivity index (χ4n) is 2.66. The van der Waals surface area contributed by atoms with Crippen LogP contribution >= 0.6 is 0 Å². The molecule has 4 rings (SSSR count). The number of fused-ring (bicyclic) bond motifs is 3. The number of H-pyrrole nitrogens is 1. The van der Waals surface area contributed by atoms with Crippen molar-refractivity contribution < 1.29 is 9.84 Å². The first-order valence-corrected chi connectivity index (χ1v) is 7.57. The largest absolute Gasteiger partial charge is 0.507 e. The molecule has 7 nitrogen and oxygen atoms in total. The zero-order valence-corrected chi connectivity index (χ0v) is 13.3. The number of hydrogen-bond acceptors (Lipinski definition) is 5. The molecule has 0 aliphatic carbocycles. The number of methoxy groups -OCH3 is 1. The van der Waals surface area contributed by atoms with Crippen molar-refractivity contribution >= 4 is 28.2 Å². The maximum atomic E-state index is 12.6. The van der Waals surface area contributed by atoms with E-state index in [9.17, 15) is 9.90 Å².